The van der Waals surface area contributed by atoms with Crippen LogP contribution in [0.2, 0.25) is 10.0 Å². The van der Waals surface area contributed by atoms with Crippen LogP contribution in [0.25, 0.3) is 0 Å². The van der Waals surface area contributed by atoms with Gasteiger partial charge in [0.2, 0.25) is 0 Å². The summed E-state index contributed by atoms with van der Waals surface area (Å²) in [7, 11) is 0. The molecule has 0 amide bonds. The minimum Gasteiger partial charge on any atom is -0.508 e. The molecular formula is C36H38Cl2O4. The minimum atomic E-state index is -0.160. The predicted molar refractivity (Wildman–Crippen MR) is 170 cm³/mol. The molecule has 0 atom stereocenters. The zero-order chi connectivity index (χ0) is 29.7. The third-order valence-electron chi connectivity index (χ3n) is 9.25. The number of phenolic OH excluding ortho intramolecular Hbond substituents is 4. The molecule has 2 aliphatic rings. The largest absolute Gasteiger partial charge is 0.508 e. The molecule has 0 saturated heterocycles. The van der Waals surface area contributed by atoms with Crippen molar-refractivity contribution in [3.63, 3.8) is 0 Å². The number of rotatable bonds is 4. The van der Waals surface area contributed by atoms with Crippen LogP contribution >= 0.6 is 23.2 Å². The lowest BCUT2D eigenvalue weighted by atomic mass is 9.65. The molecule has 0 aliphatic heterocycles. The molecular weight excluding hydrogens is 567 g/mol. The highest BCUT2D eigenvalue weighted by Gasteiger charge is 2.37. The fourth-order valence-electron chi connectivity index (χ4n) is 6.97. The highest BCUT2D eigenvalue weighted by molar-refractivity contribution is 6.32. The fourth-order valence-corrected chi connectivity index (χ4v) is 7.33. The van der Waals surface area contributed by atoms with Gasteiger partial charge in [0.05, 0.1) is 10.0 Å². The summed E-state index contributed by atoms with van der Waals surface area (Å²) >= 11 is 12.2. The molecule has 0 radical (unpaired) electrons. The highest BCUT2D eigenvalue weighted by atomic mass is 35.5. The Labute approximate surface area is 258 Å². The van der Waals surface area contributed by atoms with Crippen LogP contribution in [0.3, 0.4) is 0 Å². The van der Waals surface area contributed by atoms with Crippen molar-refractivity contribution >= 4 is 23.2 Å². The Morgan fingerprint density at radius 3 is 1.05 bits per heavy atom. The van der Waals surface area contributed by atoms with Crippen LogP contribution in [0.5, 0.6) is 23.0 Å². The standard InChI is InChI=1S/C18H18Cl2O2.C18H20O2/c19-14-10-12(4-6-16(14)21)18(8-2-1-3-9-18)13-5-7-17(22)15(20)11-13;19-16-8-4-14(5-9-16)18(12-2-1-3-13-18)15-6-10-17(20)11-7-15/h4-7,10-11,21-22H,1-3,8-9H2;4-11,19-20H,1-3,12-13H2. The zero-order valence-corrected chi connectivity index (χ0v) is 25.2. The lowest BCUT2D eigenvalue weighted by Crippen LogP contribution is -2.30. The summed E-state index contributed by atoms with van der Waals surface area (Å²) in [6.45, 7) is 0. The molecule has 0 aromatic heterocycles. The Bertz CT molecular complexity index is 1390. The summed E-state index contributed by atoms with van der Waals surface area (Å²) < 4.78 is 0. The van der Waals surface area contributed by atoms with E-state index < -0.39 is 0 Å². The van der Waals surface area contributed by atoms with Crippen molar-refractivity contribution in [2.24, 2.45) is 0 Å². The van der Waals surface area contributed by atoms with Crippen LogP contribution < -0.4 is 0 Å². The number of hydrogen-bond acceptors (Lipinski definition) is 4. The van der Waals surface area contributed by atoms with Crippen LogP contribution in [0, 0.1) is 0 Å². The molecule has 4 aromatic carbocycles. The van der Waals surface area contributed by atoms with Crippen LogP contribution in [0.15, 0.2) is 84.9 Å². The SMILES string of the molecule is Oc1ccc(C2(c3ccc(O)c(Cl)c3)CCCCC2)cc1Cl.Oc1ccc(C2(c3ccc(O)cc3)CCCCC2)cc1. The van der Waals surface area contributed by atoms with E-state index in [9.17, 15) is 20.4 Å². The second-order valence-electron chi connectivity index (χ2n) is 11.7. The van der Waals surface area contributed by atoms with Crippen molar-refractivity contribution in [3.05, 3.63) is 117 Å². The van der Waals surface area contributed by atoms with E-state index in [-0.39, 0.29) is 22.3 Å². The lowest BCUT2D eigenvalue weighted by Gasteiger charge is -2.39. The summed E-state index contributed by atoms with van der Waals surface area (Å²) in [5, 5.41) is 39.1. The third-order valence-corrected chi connectivity index (χ3v) is 9.86. The number of halogens is 2. The van der Waals surface area contributed by atoms with E-state index in [0.29, 0.717) is 21.5 Å². The smallest absolute Gasteiger partial charge is 0.134 e. The molecule has 0 heterocycles. The Balaban J connectivity index is 0.000000169. The lowest BCUT2D eigenvalue weighted by molar-refractivity contribution is 0.345. The minimum absolute atomic E-state index is 0.0274. The monoisotopic (exact) mass is 604 g/mol. The average Bonchev–Trinajstić information content (AvgIpc) is 3.01. The molecule has 4 aromatic rings. The first-order valence-electron chi connectivity index (χ1n) is 14.8. The first-order chi connectivity index (χ1) is 20.2. The number of benzene rings is 4. The van der Waals surface area contributed by atoms with E-state index in [4.69, 9.17) is 23.2 Å². The normalized spacial score (nSPS) is 17.6. The van der Waals surface area contributed by atoms with E-state index in [1.54, 1.807) is 36.4 Å². The molecule has 2 aliphatic carbocycles. The van der Waals surface area contributed by atoms with Gasteiger partial charge in [0.25, 0.3) is 0 Å². The van der Waals surface area contributed by atoms with E-state index in [1.807, 2.05) is 48.5 Å². The van der Waals surface area contributed by atoms with Gasteiger partial charge < -0.3 is 20.4 Å². The van der Waals surface area contributed by atoms with Gasteiger partial charge in [-0.15, -0.1) is 0 Å². The van der Waals surface area contributed by atoms with Gasteiger partial charge in [-0.25, -0.2) is 0 Å². The first-order valence-corrected chi connectivity index (χ1v) is 15.6. The topological polar surface area (TPSA) is 80.9 Å². The molecule has 220 valence electrons. The third kappa shape index (κ3) is 6.21. The van der Waals surface area contributed by atoms with E-state index in [2.05, 4.69) is 0 Å². The second-order valence-corrected chi connectivity index (χ2v) is 12.5. The van der Waals surface area contributed by atoms with Gasteiger partial charge in [0.1, 0.15) is 23.0 Å². The Kier molecular flexibility index (Phi) is 9.25. The van der Waals surface area contributed by atoms with Gasteiger partial charge in [-0.2, -0.15) is 0 Å². The van der Waals surface area contributed by atoms with E-state index >= 15 is 0 Å². The molecule has 4 nitrogen and oxygen atoms in total. The maximum atomic E-state index is 9.69. The van der Waals surface area contributed by atoms with Gasteiger partial charge >= 0.3 is 0 Å². The number of phenols is 4. The van der Waals surface area contributed by atoms with Gasteiger partial charge in [-0.1, -0.05) is 98.1 Å². The first kappa shape index (κ1) is 30.1. The average molecular weight is 606 g/mol. The van der Waals surface area contributed by atoms with Crippen molar-refractivity contribution in [1.29, 1.82) is 0 Å². The number of hydrogen-bond donors (Lipinski definition) is 4. The Morgan fingerprint density at radius 2 is 0.714 bits per heavy atom. The van der Waals surface area contributed by atoms with Gasteiger partial charge in [0, 0.05) is 10.8 Å². The van der Waals surface area contributed by atoms with Gasteiger partial charge in [-0.05, 0) is 96.5 Å². The van der Waals surface area contributed by atoms with Crippen LogP contribution in [0.1, 0.15) is 86.5 Å². The zero-order valence-electron chi connectivity index (χ0n) is 23.7. The van der Waals surface area contributed by atoms with Crippen molar-refractivity contribution in [3.8, 4) is 23.0 Å². The molecule has 6 rings (SSSR count). The van der Waals surface area contributed by atoms with Crippen molar-refractivity contribution < 1.29 is 20.4 Å². The molecule has 0 spiro atoms. The van der Waals surface area contributed by atoms with Crippen LogP contribution in [-0.2, 0) is 10.8 Å². The summed E-state index contributed by atoms with van der Waals surface area (Å²) in [4.78, 5) is 0. The van der Waals surface area contributed by atoms with Crippen molar-refractivity contribution in [2.45, 2.75) is 75.0 Å². The Morgan fingerprint density at radius 1 is 0.405 bits per heavy atom. The molecule has 0 unspecified atom stereocenters. The summed E-state index contributed by atoms with van der Waals surface area (Å²) in [6.07, 6.45) is 11.5. The van der Waals surface area contributed by atoms with Crippen LogP contribution in [0.4, 0.5) is 0 Å². The molecule has 2 fully saturated rings. The second kappa shape index (κ2) is 12.9. The maximum absolute atomic E-state index is 9.69. The Hall–Kier alpha value is -3.34. The summed E-state index contributed by atoms with van der Waals surface area (Å²) in [6, 6.07) is 26.1. The van der Waals surface area contributed by atoms with Crippen molar-refractivity contribution in [1.82, 2.24) is 0 Å². The van der Waals surface area contributed by atoms with Gasteiger partial charge in [-0.3, -0.25) is 0 Å². The quantitative estimate of drug-likeness (QED) is 0.187. The molecule has 0 bridgehead atoms. The van der Waals surface area contributed by atoms with Gasteiger partial charge in [0.15, 0.2) is 0 Å². The molecule has 2 saturated carbocycles. The van der Waals surface area contributed by atoms with E-state index in [1.165, 1.54) is 36.8 Å². The molecule has 42 heavy (non-hydrogen) atoms. The molecule has 6 heteroatoms. The summed E-state index contributed by atoms with van der Waals surface area (Å²) in [5.74, 6) is 0.816. The highest BCUT2D eigenvalue weighted by Crippen LogP contribution is 2.48. The maximum Gasteiger partial charge on any atom is 0.134 e. The summed E-state index contributed by atoms with van der Waals surface area (Å²) in [5.41, 5.74) is 4.59. The molecule has 4 N–H and O–H groups in total. The predicted octanol–water partition coefficient (Wildman–Crippen LogP) is 10.0. The van der Waals surface area contributed by atoms with Crippen LogP contribution in [-0.4, -0.2) is 20.4 Å². The fraction of sp³-hybridized carbons (Fsp3) is 0.333. The van der Waals surface area contributed by atoms with E-state index in [0.717, 1.165) is 49.7 Å². The van der Waals surface area contributed by atoms with Crippen molar-refractivity contribution in [2.75, 3.05) is 0 Å². The number of aromatic hydroxyl groups is 4.